The van der Waals surface area contributed by atoms with Crippen molar-refractivity contribution in [2.45, 2.75) is 31.4 Å². The maximum atomic E-state index is 13.7. The minimum Gasteiger partial charge on any atom is -0.481 e. The van der Waals surface area contributed by atoms with E-state index in [1.54, 1.807) is 24.3 Å². The largest absolute Gasteiger partial charge is 0.481 e. The Bertz CT molecular complexity index is 916. The van der Waals surface area contributed by atoms with Crippen molar-refractivity contribution in [3.05, 3.63) is 66.0 Å². The molecule has 1 aliphatic carbocycles. The molecule has 0 bridgehead atoms. The number of amides is 2. The van der Waals surface area contributed by atoms with Crippen molar-refractivity contribution in [2.75, 3.05) is 19.7 Å². The third-order valence-electron chi connectivity index (χ3n) is 5.93. The van der Waals surface area contributed by atoms with E-state index in [4.69, 9.17) is 4.74 Å². The molecular weight excluding hydrogens is 387 g/mol. The monoisotopic (exact) mass is 412 g/mol. The third kappa shape index (κ3) is 4.46. The molecule has 6 nitrogen and oxygen atoms in total. The molecule has 2 fully saturated rings. The Hall–Kier alpha value is -2.93. The molecule has 1 unspecified atom stereocenters. The Balaban J connectivity index is 1.36. The predicted octanol–water partition coefficient (Wildman–Crippen LogP) is 2.44. The molecule has 1 saturated heterocycles. The summed E-state index contributed by atoms with van der Waals surface area (Å²) in [5.41, 5.74) is 0.724. The number of carbonyl (C=O) groups excluding carboxylic acids is 2. The van der Waals surface area contributed by atoms with E-state index in [0.717, 1.165) is 12.8 Å². The van der Waals surface area contributed by atoms with Crippen molar-refractivity contribution < 1.29 is 23.8 Å². The van der Waals surface area contributed by atoms with Gasteiger partial charge in [0.25, 0.3) is 5.91 Å². The SMILES string of the molecule is O=C(NCC(O)c1ccccc1)[C@H]1CC2(CC2)CN1C(=O)COc1ccccc1F. The Labute approximate surface area is 174 Å². The molecule has 1 saturated carbocycles. The number of aliphatic hydroxyl groups is 1. The number of hydrogen-bond acceptors (Lipinski definition) is 4. The number of nitrogens with zero attached hydrogens (tertiary/aromatic N) is 1. The summed E-state index contributed by atoms with van der Waals surface area (Å²) in [6.07, 6.45) is 1.76. The van der Waals surface area contributed by atoms with Gasteiger partial charge < -0.3 is 20.1 Å². The highest BCUT2D eigenvalue weighted by Gasteiger charge is 2.55. The van der Waals surface area contributed by atoms with E-state index >= 15 is 0 Å². The predicted molar refractivity (Wildman–Crippen MR) is 108 cm³/mol. The minimum atomic E-state index is -0.819. The first-order chi connectivity index (χ1) is 14.5. The van der Waals surface area contributed by atoms with E-state index < -0.39 is 18.0 Å². The molecule has 1 spiro atoms. The van der Waals surface area contributed by atoms with E-state index in [1.807, 2.05) is 18.2 Å². The second-order valence-corrected chi connectivity index (χ2v) is 8.13. The first-order valence-electron chi connectivity index (χ1n) is 10.1. The zero-order valence-corrected chi connectivity index (χ0v) is 16.6. The minimum absolute atomic E-state index is 0.00765. The van der Waals surface area contributed by atoms with E-state index in [0.29, 0.717) is 18.5 Å². The Kier molecular flexibility index (Phi) is 5.72. The van der Waals surface area contributed by atoms with Gasteiger partial charge in [0.05, 0.1) is 6.10 Å². The lowest BCUT2D eigenvalue weighted by Gasteiger charge is -2.24. The van der Waals surface area contributed by atoms with Gasteiger partial charge in [0, 0.05) is 13.1 Å². The number of carbonyl (C=O) groups is 2. The van der Waals surface area contributed by atoms with Gasteiger partial charge in [0.1, 0.15) is 6.04 Å². The first kappa shape index (κ1) is 20.3. The molecular formula is C23H25FN2O4. The quantitative estimate of drug-likeness (QED) is 0.732. The lowest BCUT2D eigenvalue weighted by Crippen LogP contribution is -2.48. The molecule has 158 valence electrons. The van der Waals surface area contributed by atoms with Crippen molar-refractivity contribution in [2.24, 2.45) is 5.41 Å². The van der Waals surface area contributed by atoms with Gasteiger partial charge in [-0.15, -0.1) is 0 Å². The van der Waals surface area contributed by atoms with Gasteiger partial charge in [0.15, 0.2) is 18.2 Å². The second-order valence-electron chi connectivity index (χ2n) is 8.13. The van der Waals surface area contributed by atoms with Crippen LogP contribution in [0, 0.1) is 11.2 Å². The summed E-state index contributed by atoms with van der Waals surface area (Å²) >= 11 is 0. The van der Waals surface area contributed by atoms with Crippen molar-refractivity contribution in [3.63, 3.8) is 0 Å². The molecule has 4 rings (SSSR count). The lowest BCUT2D eigenvalue weighted by molar-refractivity contribution is -0.140. The van der Waals surface area contributed by atoms with Crippen LogP contribution >= 0.6 is 0 Å². The van der Waals surface area contributed by atoms with Gasteiger partial charge >= 0.3 is 0 Å². The maximum Gasteiger partial charge on any atom is 0.261 e. The Morgan fingerprint density at radius 2 is 1.87 bits per heavy atom. The van der Waals surface area contributed by atoms with Crippen LogP contribution in [-0.2, 0) is 9.59 Å². The van der Waals surface area contributed by atoms with Crippen molar-refractivity contribution in [1.29, 1.82) is 0 Å². The van der Waals surface area contributed by atoms with E-state index in [-0.39, 0.29) is 36.1 Å². The fourth-order valence-corrected chi connectivity index (χ4v) is 3.98. The molecule has 7 heteroatoms. The molecule has 2 amide bonds. The van der Waals surface area contributed by atoms with Crippen LogP contribution in [0.1, 0.15) is 30.9 Å². The van der Waals surface area contributed by atoms with E-state index in [2.05, 4.69) is 5.32 Å². The average Bonchev–Trinajstić information content (AvgIpc) is 3.41. The Morgan fingerprint density at radius 1 is 1.17 bits per heavy atom. The van der Waals surface area contributed by atoms with Gasteiger partial charge in [-0.3, -0.25) is 9.59 Å². The van der Waals surface area contributed by atoms with Gasteiger partial charge in [-0.25, -0.2) is 4.39 Å². The second kappa shape index (κ2) is 8.44. The number of para-hydroxylation sites is 1. The number of likely N-dealkylation sites (tertiary alicyclic amines) is 1. The van der Waals surface area contributed by atoms with Crippen LogP contribution in [0.5, 0.6) is 5.75 Å². The van der Waals surface area contributed by atoms with Crippen LogP contribution < -0.4 is 10.1 Å². The summed E-state index contributed by atoms with van der Waals surface area (Å²) in [4.78, 5) is 27.1. The number of nitrogens with one attached hydrogen (secondary N) is 1. The number of aliphatic hydroxyl groups excluding tert-OH is 1. The zero-order chi connectivity index (χ0) is 21.1. The number of ether oxygens (including phenoxy) is 1. The first-order valence-corrected chi connectivity index (χ1v) is 10.1. The van der Waals surface area contributed by atoms with E-state index in [9.17, 15) is 19.1 Å². The highest BCUT2D eigenvalue weighted by molar-refractivity contribution is 5.89. The number of rotatable bonds is 7. The smallest absolute Gasteiger partial charge is 0.261 e. The summed E-state index contributed by atoms with van der Waals surface area (Å²) < 4.78 is 19.1. The van der Waals surface area contributed by atoms with Gasteiger partial charge in [-0.05, 0) is 42.4 Å². The zero-order valence-electron chi connectivity index (χ0n) is 16.6. The molecule has 0 aromatic heterocycles. The van der Waals surface area contributed by atoms with Crippen LogP contribution in [0.2, 0.25) is 0 Å². The molecule has 0 radical (unpaired) electrons. The van der Waals surface area contributed by atoms with Crippen LogP contribution in [0.4, 0.5) is 4.39 Å². The fourth-order valence-electron chi connectivity index (χ4n) is 3.98. The summed E-state index contributed by atoms with van der Waals surface area (Å²) in [6, 6.07) is 14.4. The molecule has 30 heavy (non-hydrogen) atoms. The van der Waals surface area contributed by atoms with Gasteiger partial charge in [-0.2, -0.15) is 0 Å². The number of halogens is 1. The van der Waals surface area contributed by atoms with E-state index in [1.165, 1.54) is 17.0 Å². The lowest BCUT2D eigenvalue weighted by atomic mass is 10.0. The van der Waals surface area contributed by atoms with Crippen LogP contribution in [0.15, 0.2) is 54.6 Å². The standard InChI is InChI=1S/C23H25FN2O4/c24-17-8-4-5-9-20(17)30-14-21(28)26-15-23(10-11-23)12-18(26)22(29)25-13-19(27)16-6-2-1-3-7-16/h1-9,18-19,27H,10-15H2,(H,25,29)/t18-,19?/m1/s1. The highest BCUT2D eigenvalue weighted by Crippen LogP contribution is 2.54. The molecule has 2 atom stereocenters. The Morgan fingerprint density at radius 3 is 2.57 bits per heavy atom. The van der Waals surface area contributed by atoms with Crippen LogP contribution in [-0.4, -0.2) is 47.6 Å². The highest BCUT2D eigenvalue weighted by atomic mass is 19.1. The topological polar surface area (TPSA) is 78.9 Å². The molecule has 2 aromatic rings. The van der Waals surface area contributed by atoms with Crippen molar-refractivity contribution >= 4 is 11.8 Å². The molecule has 2 N–H and O–H groups in total. The number of benzene rings is 2. The molecule has 2 aromatic carbocycles. The van der Waals surface area contributed by atoms with Crippen molar-refractivity contribution in [1.82, 2.24) is 10.2 Å². The third-order valence-corrected chi connectivity index (χ3v) is 5.93. The van der Waals surface area contributed by atoms with Gasteiger partial charge in [0.2, 0.25) is 5.91 Å². The fraction of sp³-hybridized carbons (Fsp3) is 0.391. The van der Waals surface area contributed by atoms with Crippen LogP contribution in [0.25, 0.3) is 0 Å². The van der Waals surface area contributed by atoms with Crippen molar-refractivity contribution in [3.8, 4) is 5.75 Å². The maximum absolute atomic E-state index is 13.7. The molecule has 1 heterocycles. The summed E-state index contributed by atoms with van der Waals surface area (Å²) in [7, 11) is 0. The van der Waals surface area contributed by atoms with Crippen LogP contribution in [0.3, 0.4) is 0 Å². The van der Waals surface area contributed by atoms with Gasteiger partial charge in [-0.1, -0.05) is 42.5 Å². The summed E-state index contributed by atoms with van der Waals surface area (Å²) in [5.74, 6) is -1.15. The molecule has 1 aliphatic heterocycles. The normalized spacial score (nSPS) is 20.1. The molecule has 2 aliphatic rings. The summed E-state index contributed by atoms with van der Waals surface area (Å²) in [5, 5.41) is 13.1. The number of hydrogen-bond donors (Lipinski definition) is 2. The average molecular weight is 412 g/mol. The summed E-state index contributed by atoms with van der Waals surface area (Å²) in [6.45, 7) is 0.249.